The van der Waals surface area contributed by atoms with Crippen LogP contribution in [0.2, 0.25) is 0 Å². The Kier molecular flexibility index (Phi) is 6.64. The fourth-order valence-electron chi connectivity index (χ4n) is 1.78. The molecule has 0 saturated heterocycles. The zero-order valence-electron chi connectivity index (χ0n) is 12.1. The zero-order chi connectivity index (χ0) is 15.0. The Morgan fingerprint density at radius 3 is 2.70 bits per heavy atom. The maximum absolute atomic E-state index is 11.9. The second-order valence-corrected chi connectivity index (χ2v) is 5.25. The van der Waals surface area contributed by atoms with Crippen molar-refractivity contribution in [3.8, 4) is 0 Å². The Morgan fingerprint density at radius 2 is 2.10 bits per heavy atom. The minimum Gasteiger partial charge on any atom is -0.388 e. The Balaban J connectivity index is 2.38. The standard InChI is InChI=1S/C15H24N2O3/c1-15(19,8-9-20-2)11-17-14(18)13(16)10-12-6-4-3-5-7-12/h3-7,13,19H,8-11,16H2,1-2H3,(H,17,18)/t13-,15?/m0/s1. The van der Waals surface area contributed by atoms with Gasteiger partial charge in [0.15, 0.2) is 0 Å². The Bertz CT molecular complexity index is 407. The molecule has 2 atom stereocenters. The van der Waals surface area contributed by atoms with Crippen molar-refractivity contribution in [1.82, 2.24) is 5.32 Å². The van der Waals surface area contributed by atoms with Gasteiger partial charge < -0.3 is 20.9 Å². The SMILES string of the molecule is COCCC(C)(O)CNC(=O)[C@@H](N)Cc1ccccc1. The number of amides is 1. The molecule has 0 fully saturated rings. The molecule has 0 bridgehead atoms. The number of rotatable bonds is 8. The molecular formula is C15H24N2O3. The highest BCUT2D eigenvalue weighted by molar-refractivity contribution is 5.81. The Hall–Kier alpha value is -1.43. The van der Waals surface area contributed by atoms with Gasteiger partial charge in [-0.1, -0.05) is 30.3 Å². The van der Waals surface area contributed by atoms with E-state index in [0.717, 1.165) is 5.56 Å². The van der Waals surface area contributed by atoms with Crippen LogP contribution in [0, 0.1) is 0 Å². The first-order chi connectivity index (χ1) is 9.44. The number of carbonyl (C=O) groups excluding carboxylic acids is 1. The fourth-order valence-corrected chi connectivity index (χ4v) is 1.78. The summed E-state index contributed by atoms with van der Waals surface area (Å²) in [6.07, 6.45) is 0.935. The predicted octanol–water partition coefficient (Wildman–Crippen LogP) is 0.460. The number of benzene rings is 1. The molecule has 5 heteroatoms. The van der Waals surface area contributed by atoms with Crippen LogP contribution in [-0.2, 0) is 16.0 Å². The lowest BCUT2D eigenvalue weighted by Gasteiger charge is -2.24. The molecule has 1 rings (SSSR count). The summed E-state index contributed by atoms with van der Waals surface area (Å²) in [6.45, 7) is 2.27. The van der Waals surface area contributed by atoms with E-state index in [-0.39, 0.29) is 12.5 Å². The van der Waals surface area contributed by atoms with Crippen LogP contribution in [-0.4, -0.2) is 42.9 Å². The Labute approximate surface area is 120 Å². The third-order valence-corrected chi connectivity index (χ3v) is 3.12. The molecule has 1 aromatic rings. The molecule has 112 valence electrons. The third kappa shape index (κ3) is 6.14. The largest absolute Gasteiger partial charge is 0.388 e. The van der Waals surface area contributed by atoms with Crippen molar-refractivity contribution in [3.05, 3.63) is 35.9 Å². The number of carbonyl (C=O) groups is 1. The quantitative estimate of drug-likeness (QED) is 0.646. The molecule has 0 saturated carbocycles. The minimum atomic E-state index is -0.988. The van der Waals surface area contributed by atoms with Crippen LogP contribution in [0.15, 0.2) is 30.3 Å². The van der Waals surface area contributed by atoms with Gasteiger partial charge in [-0.25, -0.2) is 0 Å². The van der Waals surface area contributed by atoms with Gasteiger partial charge >= 0.3 is 0 Å². The molecule has 1 aromatic carbocycles. The van der Waals surface area contributed by atoms with Crippen molar-refractivity contribution in [3.63, 3.8) is 0 Å². The summed E-state index contributed by atoms with van der Waals surface area (Å²) in [5.74, 6) is -0.258. The second-order valence-electron chi connectivity index (χ2n) is 5.25. The van der Waals surface area contributed by atoms with Crippen molar-refractivity contribution >= 4 is 5.91 Å². The van der Waals surface area contributed by atoms with Gasteiger partial charge in [0, 0.05) is 26.7 Å². The lowest BCUT2D eigenvalue weighted by Crippen LogP contribution is -2.48. The normalized spacial score (nSPS) is 15.4. The number of hydrogen-bond acceptors (Lipinski definition) is 4. The van der Waals surface area contributed by atoms with Crippen molar-refractivity contribution < 1.29 is 14.6 Å². The van der Waals surface area contributed by atoms with E-state index in [1.807, 2.05) is 30.3 Å². The van der Waals surface area contributed by atoms with E-state index in [4.69, 9.17) is 10.5 Å². The van der Waals surface area contributed by atoms with E-state index < -0.39 is 11.6 Å². The summed E-state index contributed by atoms with van der Waals surface area (Å²) >= 11 is 0. The summed E-state index contributed by atoms with van der Waals surface area (Å²) in [4.78, 5) is 11.9. The molecule has 0 spiro atoms. The molecule has 0 aliphatic carbocycles. The average Bonchev–Trinajstić information content (AvgIpc) is 2.44. The molecule has 0 aliphatic rings. The highest BCUT2D eigenvalue weighted by Gasteiger charge is 2.22. The number of methoxy groups -OCH3 is 1. The lowest BCUT2D eigenvalue weighted by atomic mass is 10.0. The first-order valence-electron chi connectivity index (χ1n) is 6.73. The highest BCUT2D eigenvalue weighted by atomic mass is 16.5. The number of hydrogen-bond donors (Lipinski definition) is 3. The van der Waals surface area contributed by atoms with Crippen LogP contribution in [0.4, 0.5) is 0 Å². The molecule has 0 heterocycles. The molecular weight excluding hydrogens is 256 g/mol. The molecule has 0 aromatic heterocycles. The van der Waals surface area contributed by atoms with Gasteiger partial charge in [-0.3, -0.25) is 4.79 Å². The number of ether oxygens (including phenoxy) is 1. The lowest BCUT2D eigenvalue weighted by molar-refractivity contribution is -0.123. The first-order valence-corrected chi connectivity index (χ1v) is 6.73. The maximum atomic E-state index is 11.9. The first kappa shape index (κ1) is 16.6. The molecule has 20 heavy (non-hydrogen) atoms. The topological polar surface area (TPSA) is 84.6 Å². The fraction of sp³-hybridized carbons (Fsp3) is 0.533. The smallest absolute Gasteiger partial charge is 0.237 e. The van der Waals surface area contributed by atoms with Crippen LogP contribution < -0.4 is 11.1 Å². The van der Waals surface area contributed by atoms with Gasteiger partial charge in [-0.2, -0.15) is 0 Å². The number of nitrogens with one attached hydrogen (secondary N) is 1. The second kappa shape index (κ2) is 7.99. The van der Waals surface area contributed by atoms with Gasteiger partial charge in [0.2, 0.25) is 5.91 Å². The molecule has 1 unspecified atom stereocenters. The number of aliphatic hydroxyl groups is 1. The van der Waals surface area contributed by atoms with Crippen LogP contribution in [0.3, 0.4) is 0 Å². The van der Waals surface area contributed by atoms with E-state index in [1.165, 1.54) is 0 Å². The van der Waals surface area contributed by atoms with E-state index in [0.29, 0.717) is 19.4 Å². The average molecular weight is 280 g/mol. The monoisotopic (exact) mass is 280 g/mol. The molecule has 4 N–H and O–H groups in total. The van der Waals surface area contributed by atoms with Crippen LogP contribution in [0.25, 0.3) is 0 Å². The van der Waals surface area contributed by atoms with Crippen molar-refractivity contribution in [2.75, 3.05) is 20.3 Å². The highest BCUT2D eigenvalue weighted by Crippen LogP contribution is 2.08. The van der Waals surface area contributed by atoms with E-state index >= 15 is 0 Å². The molecule has 5 nitrogen and oxygen atoms in total. The molecule has 1 amide bonds. The predicted molar refractivity (Wildman–Crippen MR) is 78.2 cm³/mol. The van der Waals surface area contributed by atoms with Crippen LogP contribution in [0.5, 0.6) is 0 Å². The van der Waals surface area contributed by atoms with E-state index in [9.17, 15) is 9.90 Å². The molecule has 0 aliphatic heterocycles. The van der Waals surface area contributed by atoms with Crippen LogP contribution in [0.1, 0.15) is 18.9 Å². The number of nitrogens with two attached hydrogens (primary N) is 1. The summed E-state index contributed by atoms with van der Waals surface area (Å²) < 4.78 is 4.91. The van der Waals surface area contributed by atoms with Gasteiger partial charge in [-0.05, 0) is 18.9 Å². The summed E-state index contributed by atoms with van der Waals surface area (Å²) in [5, 5.41) is 12.7. The Morgan fingerprint density at radius 1 is 1.45 bits per heavy atom. The molecule has 0 radical (unpaired) electrons. The third-order valence-electron chi connectivity index (χ3n) is 3.12. The summed E-state index contributed by atoms with van der Waals surface area (Å²) in [5.41, 5.74) is 5.89. The van der Waals surface area contributed by atoms with Crippen molar-refractivity contribution in [2.24, 2.45) is 5.73 Å². The zero-order valence-corrected chi connectivity index (χ0v) is 12.1. The summed E-state index contributed by atoms with van der Waals surface area (Å²) in [6, 6.07) is 8.99. The van der Waals surface area contributed by atoms with E-state index in [1.54, 1.807) is 14.0 Å². The van der Waals surface area contributed by atoms with Gasteiger partial charge in [0.25, 0.3) is 0 Å². The van der Waals surface area contributed by atoms with Crippen molar-refractivity contribution in [2.45, 2.75) is 31.4 Å². The minimum absolute atomic E-state index is 0.164. The van der Waals surface area contributed by atoms with Crippen LogP contribution >= 0.6 is 0 Å². The summed E-state index contributed by atoms with van der Waals surface area (Å²) in [7, 11) is 1.57. The maximum Gasteiger partial charge on any atom is 0.237 e. The van der Waals surface area contributed by atoms with Gasteiger partial charge in [-0.15, -0.1) is 0 Å². The van der Waals surface area contributed by atoms with Gasteiger partial charge in [0.1, 0.15) is 0 Å². The van der Waals surface area contributed by atoms with Crippen molar-refractivity contribution in [1.29, 1.82) is 0 Å². The van der Waals surface area contributed by atoms with Gasteiger partial charge in [0.05, 0.1) is 11.6 Å². The van der Waals surface area contributed by atoms with E-state index in [2.05, 4.69) is 5.32 Å².